The third-order valence-corrected chi connectivity index (χ3v) is 3.94. The van der Waals surface area contributed by atoms with Gasteiger partial charge in [0.1, 0.15) is 0 Å². The quantitative estimate of drug-likeness (QED) is 0.910. The molecule has 0 aromatic heterocycles. The van der Waals surface area contributed by atoms with E-state index >= 15 is 0 Å². The highest BCUT2D eigenvalue weighted by Crippen LogP contribution is 2.33. The summed E-state index contributed by atoms with van der Waals surface area (Å²) in [6.07, 6.45) is 0. The van der Waals surface area contributed by atoms with Gasteiger partial charge in [-0.1, -0.05) is 45.8 Å². The molecule has 1 heterocycles. The molecule has 0 aliphatic carbocycles. The summed E-state index contributed by atoms with van der Waals surface area (Å²) in [6, 6.07) is 14.2. The molecule has 1 aliphatic heterocycles. The highest BCUT2D eigenvalue weighted by Gasteiger charge is 2.23. The predicted octanol–water partition coefficient (Wildman–Crippen LogP) is 3.72. The van der Waals surface area contributed by atoms with Crippen LogP contribution in [0.5, 0.6) is 0 Å². The van der Waals surface area contributed by atoms with Gasteiger partial charge >= 0.3 is 0 Å². The number of carbonyl (C=O) groups excluding carboxylic acids is 1. The van der Waals surface area contributed by atoms with Gasteiger partial charge in [0.2, 0.25) is 5.91 Å². The van der Waals surface area contributed by atoms with Gasteiger partial charge in [0.25, 0.3) is 0 Å². The van der Waals surface area contributed by atoms with Crippen molar-refractivity contribution in [1.82, 2.24) is 0 Å². The van der Waals surface area contributed by atoms with E-state index < -0.39 is 0 Å². The van der Waals surface area contributed by atoms with E-state index in [4.69, 9.17) is 0 Å². The Labute approximate surface area is 126 Å². The first kappa shape index (κ1) is 13.2. The third kappa shape index (κ3) is 2.56. The average Bonchev–Trinajstić information content (AvgIpc) is 2.44. The number of halogens is 1. The van der Waals surface area contributed by atoms with E-state index in [1.165, 1.54) is 5.56 Å². The van der Waals surface area contributed by atoms with Crippen molar-refractivity contribution in [3.05, 3.63) is 58.1 Å². The van der Waals surface area contributed by atoms with Gasteiger partial charge in [-0.25, -0.2) is 0 Å². The van der Waals surface area contributed by atoms with Crippen LogP contribution in [0.25, 0.3) is 0 Å². The van der Waals surface area contributed by atoms with Crippen LogP contribution in [0, 0.1) is 6.92 Å². The molecule has 0 atom stereocenters. The van der Waals surface area contributed by atoms with E-state index in [2.05, 4.69) is 52.4 Å². The maximum atomic E-state index is 12.2. The SMILES string of the molecule is Cc1ccc(CN2C(=O)CNc3cc(Br)ccc32)cc1. The van der Waals surface area contributed by atoms with Crippen molar-refractivity contribution < 1.29 is 4.79 Å². The summed E-state index contributed by atoms with van der Waals surface area (Å²) < 4.78 is 1.01. The number of hydrogen-bond donors (Lipinski definition) is 1. The lowest BCUT2D eigenvalue weighted by Gasteiger charge is -2.30. The molecule has 0 saturated carbocycles. The molecular weight excluding hydrogens is 316 g/mol. The minimum absolute atomic E-state index is 0.0976. The van der Waals surface area contributed by atoms with E-state index in [0.29, 0.717) is 13.1 Å². The Balaban J connectivity index is 1.93. The molecule has 1 aliphatic rings. The van der Waals surface area contributed by atoms with E-state index in [0.717, 1.165) is 21.4 Å². The Morgan fingerprint density at radius 1 is 1.20 bits per heavy atom. The lowest BCUT2D eigenvalue weighted by Crippen LogP contribution is -2.39. The minimum atomic E-state index is 0.0976. The lowest BCUT2D eigenvalue weighted by atomic mass is 10.1. The van der Waals surface area contributed by atoms with E-state index in [9.17, 15) is 4.79 Å². The average molecular weight is 331 g/mol. The monoisotopic (exact) mass is 330 g/mol. The zero-order valence-electron chi connectivity index (χ0n) is 11.2. The number of benzene rings is 2. The Morgan fingerprint density at radius 3 is 2.70 bits per heavy atom. The van der Waals surface area contributed by atoms with Crippen LogP contribution in [-0.4, -0.2) is 12.5 Å². The third-order valence-electron chi connectivity index (χ3n) is 3.44. The minimum Gasteiger partial charge on any atom is -0.374 e. The smallest absolute Gasteiger partial charge is 0.246 e. The van der Waals surface area contributed by atoms with Crippen LogP contribution in [0.3, 0.4) is 0 Å². The van der Waals surface area contributed by atoms with Crippen LogP contribution < -0.4 is 10.2 Å². The summed E-state index contributed by atoms with van der Waals surface area (Å²) in [7, 11) is 0. The van der Waals surface area contributed by atoms with Gasteiger partial charge in [-0.2, -0.15) is 0 Å². The van der Waals surface area contributed by atoms with Gasteiger partial charge in [0.05, 0.1) is 24.5 Å². The first-order valence-electron chi connectivity index (χ1n) is 6.53. The van der Waals surface area contributed by atoms with Crippen LogP contribution in [0.15, 0.2) is 46.9 Å². The second-order valence-electron chi connectivity index (χ2n) is 4.98. The fourth-order valence-corrected chi connectivity index (χ4v) is 2.70. The Hall–Kier alpha value is -1.81. The molecule has 1 amide bonds. The fraction of sp³-hybridized carbons (Fsp3) is 0.188. The summed E-state index contributed by atoms with van der Waals surface area (Å²) in [6.45, 7) is 3.01. The zero-order valence-corrected chi connectivity index (χ0v) is 12.8. The molecule has 20 heavy (non-hydrogen) atoms. The standard InChI is InChI=1S/C16H15BrN2O/c1-11-2-4-12(5-3-11)10-19-15-7-6-13(17)8-14(15)18-9-16(19)20/h2-8,18H,9-10H2,1H3. The molecule has 2 aromatic rings. The number of amides is 1. The first-order chi connectivity index (χ1) is 9.63. The molecule has 0 unspecified atom stereocenters. The molecule has 0 bridgehead atoms. The van der Waals surface area contributed by atoms with Gasteiger partial charge in [-0.05, 0) is 30.7 Å². The topological polar surface area (TPSA) is 32.3 Å². The maximum Gasteiger partial charge on any atom is 0.246 e. The van der Waals surface area contributed by atoms with E-state index in [-0.39, 0.29) is 5.91 Å². The van der Waals surface area contributed by atoms with Crippen molar-refractivity contribution in [2.45, 2.75) is 13.5 Å². The highest BCUT2D eigenvalue weighted by atomic mass is 79.9. The molecule has 102 valence electrons. The Kier molecular flexibility index (Phi) is 3.49. The summed E-state index contributed by atoms with van der Waals surface area (Å²) in [5.74, 6) is 0.0976. The number of aryl methyl sites for hydroxylation is 1. The lowest BCUT2D eigenvalue weighted by molar-refractivity contribution is -0.117. The van der Waals surface area contributed by atoms with Crippen molar-refractivity contribution in [2.24, 2.45) is 0 Å². The summed E-state index contributed by atoms with van der Waals surface area (Å²) in [5, 5.41) is 3.16. The molecule has 1 N–H and O–H groups in total. The fourth-order valence-electron chi connectivity index (χ4n) is 2.34. The van der Waals surface area contributed by atoms with Gasteiger partial charge in [-0.15, -0.1) is 0 Å². The summed E-state index contributed by atoms with van der Waals surface area (Å²) in [5.41, 5.74) is 4.29. The van der Waals surface area contributed by atoms with Crippen LogP contribution in [0.4, 0.5) is 11.4 Å². The van der Waals surface area contributed by atoms with Crippen molar-refractivity contribution in [3.8, 4) is 0 Å². The number of fused-ring (bicyclic) bond motifs is 1. The number of hydrogen-bond acceptors (Lipinski definition) is 2. The molecule has 0 spiro atoms. The molecule has 3 nitrogen and oxygen atoms in total. The van der Waals surface area contributed by atoms with Crippen LogP contribution in [0.2, 0.25) is 0 Å². The highest BCUT2D eigenvalue weighted by molar-refractivity contribution is 9.10. The van der Waals surface area contributed by atoms with E-state index in [1.54, 1.807) is 0 Å². The van der Waals surface area contributed by atoms with Crippen LogP contribution in [0.1, 0.15) is 11.1 Å². The van der Waals surface area contributed by atoms with Crippen molar-refractivity contribution in [2.75, 3.05) is 16.8 Å². The molecule has 0 radical (unpaired) electrons. The normalized spacial score (nSPS) is 13.9. The van der Waals surface area contributed by atoms with Gasteiger partial charge in [0, 0.05) is 4.47 Å². The molecule has 0 saturated heterocycles. The molecular formula is C16H15BrN2O. The van der Waals surface area contributed by atoms with Crippen LogP contribution >= 0.6 is 15.9 Å². The van der Waals surface area contributed by atoms with Crippen molar-refractivity contribution in [3.63, 3.8) is 0 Å². The van der Waals surface area contributed by atoms with Crippen molar-refractivity contribution >= 4 is 33.2 Å². The van der Waals surface area contributed by atoms with Crippen molar-refractivity contribution in [1.29, 1.82) is 0 Å². The molecule has 4 heteroatoms. The Bertz CT molecular complexity index is 652. The molecule has 0 fully saturated rings. The second kappa shape index (κ2) is 5.29. The van der Waals surface area contributed by atoms with Gasteiger partial charge < -0.3 is 10.2 Å². The number of anilines is 2. The zero-order chi connectivity index (χ0) is 14.1. The number of nitrogens with zero attached hydrogens (tertiary/aromatic N) is 1. The predicted molar refractivity (Wildman–Crippen MR) is 85.0 cm³/mol. The maximum absolute atomic E-state index is 12.2. The summed E-state index contributed by atoms with van der Waals surface area (Å²) >= 11 is 3.46. The van der Waals surface area contributed by atoms with Gasteiger partial charge in [-0.3, -0.25) is 4.79 Å². The molecule has 2 aromatic carbocycles. The number of nitrogens with one attached hydrogen (secondary N) is 1. The first-order valence-corrected chi connectivity index (χ1v) is 7.32. The summed E-state index contributed by atoms with van der Waals surface area (Å²) in [4.78, 5) is 14.0. The Morgan fingerprint density at radius 2 is 1.95 bits per heavy atom. The van der Waals surface area contributed by atoms with E-state index in [1.807, 2.05) is 23.1 Å². The number of carbonyl (C=O) groups is 1. The number of rotatable bonds is 2. The molecule has 3 rings (SSSR count). The largest absolute Gasteiger partial charge is 0.374 e. The second-order valence-corrected chi connectivity index (χ2v) is 5.90. The van der Waals surface area contributed by atoms with Crippen LogP contribution in [-0.2, 0) is 11.3 Å². The van der Waals surface area contributed by atoms with Gasteiger partial charge in [0.15, 0.2) is 0 Å².